The molecule has 8 nitrogen and oxygen atoms in total. The van der Waals surface area contributed by atoms with Crippen LogP contribution in [0.15, 0.2) is 58.9 Å². The van der Waals surface area contributed by atoms with Crippen molar-refractivity contribution in [3.63, 3.8) is 0 Å². The lowest BCUT2D eigenvalue weighted by Gasteiger charge is -2.20. The highest BCUT2D eigenvalue weighted by Crippen LogP contribution is 2.32. The van der Waals surface area contributed by atoms with Crippen LogP contribution in [0, 0.1) is 6.92 Å². The van der Waals surface area contributed by atoms with Crippen LogP contribution in [0.3, 0.4) is 0 Å². The summed E-state index contributed by atoms with van der Waals surface area (Å²) in [6, 6.07) is 11.8. The summed E-state index contributed by atoms with van der Waals surface area (Å²) in [6.07, 6.45) is 0. The van der Waals surface area contributed by atoms with Crippen LogP contribution in [0.25, 0.3) is 0 Å². The fourth-order valence-electron chi connectivity index (χ4n) is 3.18. The molecule has 142 valence electrons. The molecule has 28 heavy (non-hydrogen) atoms. The molecule has 0 spiro atoms. The molecule has 2 aliphatic rings. The molecule has 2 unspecified atom stereocenters. The van der Waals surface area contributed by atoms with Gasteiger partial charge in [-0.2, -0.15) is 5.11 Å². The summed E-state index contributed by atoms with van der Waals surface area (Å²) in [6.45, 7) is 1.76. The Morgan fingerprint density at radius 2 is 1.75 bits per heavy atom. The summed E-state index contributed by atoms with van der Waals surface area (Å²) in [5.41, 5.74) is 2.12. The highest BCUT2D eigenvalue weighted by atomic mass is 35.5. The number of fused-ring (bicyclic) bond motifs is 1. The Morgan fingerprint density at radius 1 is 1.07 bits per heavy atom. The molecular formula is C19H16ClN5O3. The Labute approximate surface area is 165 Å². The van der Waals surface area contributed by atoms with Crippen molar-refractivity contribution in [2.45, 2.75) is 19.0 Å². The molecule has 0 bridgehead atoms. The molecule has 2 aromatic rings. The Bertz CT molecular complexity index is 974. The van der Waals surface area contributed by atoms with Gasteiger partial charge in [0.15, 0.2) is 12.1 Å². The SMILES string of the molecule is Cc1ccc(NC(=O)CN2N=NC3C(=O)N(c4ccc(Cl)cc4)C(=O)C32)cc1. The van der Waals surface area contributed by atoms with E-state index in [2.05, 4.69) is 15.7 Å². The minimum atomic E-state index is -0.949. The van der Waals surface area contributed by atoms with Gasteiger partial charge in [-0.1, -0.05) is 34.5 Å². The molecule has 2 aliphatic heterocycles. The highest BCUT2D eigenvalue weighted by Gasteiger charge is 2.55. The van der Waals surface area contributed by atoms with E-state index in [1.54, 1.807) is 36.4 Å². The van der Waals surface area contributed by atoms with Gasteiger partial charge in [-0.25, -0.2) is 4.90 Å². The predicted molar refractivity (Wildman–Crippen MR) is 103 cm³/mol. The third-order valence-electron chi connectivity index (χ3n) is 4.58. The lowest BCUT2D eigenvalue weighted by Crippen LogP contribution is -2.43. The summed E-state index contributed by atoms with van der Waals surface area (Å²) in [7, 11) is 0. The molecule has 0 aliphatic carbocycles. The maximum Gasteiger partial charge on any atom is 0.263 e. The van der Waals surface area contributed by atoms with Gasteiger partial charge < -0.3 is 5.32 Å². The number of aryl methyl sites for hydroxylation is 1. The third kappa shape index (κ3) is 3.22. The third-order valence-corrected chi connectivity index (χ3v) is 4.84. The van der Waals surface area contributed by atoms with Crippen LogP contribution in [0.1, 0.15) is 5.56 Å². The number of rotatable bonds is 4. The van der Waals surface area contributed by atoms with Crippen molar-refractivity contribution in [2.75, 3.05) is 16.8 Å². The first-order valence-electron chi connectivity index (χ1n) is 8.61. The lowest BCUT2D eigenvalue weighted by atomic mass is 10.1. The normalized spacial score (nSPS) is 20.6. The van der Waals surface area contributed by atoms with Gasteiger partial charge >= 0.3 is 0 Å². The molecule has 0 saturated carbocycles. The van der Waals surface area contributed by atoms with E-state index in [-0.39, 0.29) is 12.5 Å². The summed E-state index contributed by atoms with van der Waals surface area (Å²) in [5.74, 6) is -1.29. The standard InChI is InChI=1S/C19H16ClN5O3/c1-11-2-6-13(7-3-11)21-15(26)10-24-17-16(22-23-24)18(27)25(19(17)28)14-8-4-12(20)5-9-14/h2-9,16-17H,10H2,1H3,(H,21,26). The van der Waals surface area contributed by atoms with Crippen molar-refractivity contribution in [3.05, 3.63) is 59.1 Å². The van der Waals surface area contributed by atoms with E-state index in [0.717, 1.165) is 10.5 Å². The second kappa shape index (κ2) is 7.05. The number of nitrogens with one attached hydrogen (secondary N) is 1. The molecule has 1 saturated heterocycles. The van der Waals surface area contributed by atoms with Crippen molar-refractivity contribution >= 4 is 40.7 Å². The Kier molecular flexibility index (Phi) is 4.56. The maximum absolute atomic E-state index is 12.8. The number of nitrogens with zero attached hydrogens (tertiary/aromatic N) is 4. The lowest BCUT2D eigenvalue weighted by molar-refractivity contribution is -0.123. The first-order valence-corrected chi connectivity index (χ1v) is 8.99. The van der Waals surface area contributed by atoms with Crippen LogP contribution in [-0.4, -0.2) is 41.4 Å². The van der Waals surface area contributed by atoms with E-state index in [0.29, 0.717) is 16.4 Å². The van der Waals surface area contributed by atoms with Crippen molar-refractivity contribution in [2.24, 2.45) is 10.3 Å². The van der Waals surface area contributed by atoms with Crippen LogP contribution in [0.4, 0.5) is 11.4 Å². The van der Waals surface area contributed by atoms with E-state index in [1.807, 2.05) is 19.1 Å². The van der Waals surface area contributed by atoms with E-state index < -0.39 is 23.9 Å². The molecule has 0 radical (unpaired) electrons. The van der Waals surface area contributed by atoms with E-state index in [1.165, 1.54) is 5.01 Å². The minimum absolute atomic E-state index is 0.188. The van der Waals surface area contributed by atoms with Crippen molar-refractivity contribution < 1.29 is 14.4 Å². The number of halogens is 1. The number of carbonyl (C=O) groups is 3. The molecule has 9 heteroatoms. The highest BCUT2D eigenvalue weighted by molar-refractivity contribution is 6.31. The Hall–Kier alpha value is -3.26. The molecule has 2 atom stereocenters. The topological polar surface area (TPSA) is 94.4 Å². The average Bonchev–Trinajstić information content (AvgIpc) is 3.18. The zero-order valence-corrected chi connectivity index (χ0v) is 15.6. The second-order valence-electron chi connectivity index (χ2n) is 6.59. The van der Waals surface area contributed by atoms with Crippen molar-refractivity contribution in [3.8, 4) is 0 Å². The van der Waals surface area contributed by atoms with Gasteiger partial charge in [-0.3, -0.25) is 19.4 Å². The summed E-state index contributed by atoms with van der Waals surface area (Å²) >= 11 is 5.87. The molecule has 1 fully saturated rings. The number of imide groups is 1. The predicted octanol–water partition coefficient (Wildman–Crippen LogP) is 2.58. The second-order valence-corrected chi connectivity index (χ2v) is 7.03. The van der Waals surface area contributed by atoms with Gasteiger partial charge in [-0.15, -0.1) is 0 Å². The first kappa shape index (κ1) is 18.1. The fourth-order valence-corrected chi connectivity index (χ4v) is 3.31. The largest absolute Gasteiger partial charge is 0.324 e. The monoisotopic (exact) mass is 397 g/mol. The number of hydrogen-bond acceptors (Lipinski definition) is 6. The zero-order valence-electron chi connectivity index (χ0n) is 14.9. The van der Waals surface area contributed by atoms with Crippen molar-refractivity contribution in [1.29, 1.82) is 0 Å². The van der Waals surface area contributed by atoms with Gasteiger partial charge in [0.2, 0.25) is 5.91 Å². The molecule has 3 amide bonds. The Morgan fingerprint density at radius 3 is 2.43 bits per heavy atom. The molecule has 1 N–H and O–H groups in total. The molecule has 2 aromatic carbocycles. The number of benzene rings is 2. The van der Waals surface area contributed by atoms with Gasteiger partial charge in [0, 0.05) is 10.7 Å². The first-order chi connectivity index (χ1) is 13.4. The minimum Gasteiger partial charge on any atom is -0.324 e. The van der Waals surface area contributed by atoms with Crippen LogP contribution >= 0.6 is 11.6 Å². The fraction of sp³-hybridized carbons (Fsp3) is 0.211. The summed E-state index contributed by atoms with van der Waals surface area (Å²) in [4.78, 5) is 38.9. The van der Waals surface area contributed by atoms with E-state index in [4.69, 9.17) is 11.6 Å². The number of carbonyl (C=O) groups excluding carboxylic acids is 3. The smallest absolute Gasteiger partial charge is 0.263 e. The summed E-state index contributed by atoms with van der Waals surface area (Å²) in [5, 5.41) is 12.3. The van der Waals surface area contributed by atoms with Gasteiger partial charge in [-0.05, 0) is 43.3 Å². The maximum atomic E-state index is 12.8. The van der Waals surface area contributed by atoms with Crippen LogP contribution in [-0.2, 0) is 14.4 Å². The van der Waals surface area contributed by atoms with Gasteiger partial charge in [0.25, 0.3) is 11.8 Å². The Balaban J connectivity index is 1.48. The summed E-state index contributed by atoms with van der Waals surface area (Å²) < 4.78 is 0. The quantitative estimate of drug-likeness (QED) is 0.802. The van der Waals surface area contributed by atoms with Crippen LogP contribution in [0.2, 0.25) is 5.02 Å². The molecule has 4 rings (SSSR count). The van der Waals surface area contributed by atoms with Gasteiger partial charge in [0.05, 0.1) is 5.69 Å². The van der Waals surface area contributed by atoms with E-state index >= 15 is 0 Å². The van der Waals surface area contributed by atoms with Crippen molar-refractivity contribution in [1.82, 2.24) is 5.01 Å². The molecular weight excluding hydrogens is 382 g/mol. The molecule has 0 aromatic heterocycles. The van der Waals surface area contributed by atoms with E-state index in [9.17, 15) is 14.4 Å². The van der Waals surface area contributed by atoms with Crippen LogP contribution < -0.4 is 10.2 Å². The number of hydrogen-bond donors (Lipinski definition) is 1. The number of anilines is 2. The number of amides is 3. The van der Waals surface area contributed by atoms with Crippen LogP contribution in [0.5, 0.6) is 0 Å². The zero-order chi connectivity index (χ0) is 19.8. The van der Waals surface area contributed by atoms with Gasteiger partial charge in [0.1, 0.15) is 6.54 Å². The average molecular weight is 398 g/mol. The molecule has 2 heterocycles.